The van der Waals surface area contributed by atoms with Gasteiger partial charge < -0.3 is 5.32 Å². The number of rotatable bonds is 2. The van der Waals surface area contributed by atoms with E-state index in [4.69, 9.17) is 0 Å². The Kier molecular flexibility index (Phi) is 3.67. The standard InChI is InChI=1S/C14H12FNOS/c1-9-4-2-3-5-13(9)16-14(17)11-8-10(18)6-7-12(11)15/h2-8,18H,1H3,(H,16,17). The molecule has 0 heterocycles. The molecule has 4 heteroatoms. The predicted molar refractivity (Wildman–Crippen MR) is 72.8 cm³/mol. The van der Waals surface area contributed by atoms with Crippen molar-refractivity contribution in [1.29, 1.82) is 0 Å². The highest BCUT2D eigenvalue weighted by Crippen LogP contribution is 2.18. The Labute approximate surface area is 110 Å². The lowest BCUT2D eigenvalue weighted by Gasteiger charge is -2.09. The molecule has 1 N–H and O–H groups in total. The highest BCUT2D eigenvalue weighted by Gasteiger charge is 2.12. The van der Waals surface area contributed by atoms with Crippen molar-refractivity contribution in [1.82, 2.24) is 0 Å². The molecule has 0 fully saturated rings. The average Bonchev–Trinajstić information content (AvgIpc) is 2.35. The molecule has 92 valence electrons. The van der Waals surface area contributed by atoms with Gasteiger partial charge in [-0.3, -0.25) is 4.79 Å². The fourth-order valence-electron chi connectivity index (χ4n) is 1.59. The van der Waals surface area contributed by atoms with Gasteiger partial charge in [-0.15, -0.1) is 12.6 Å². The van der Waals surface area contributed by atoms with Gasteiger partial charge >= 0.3 is 0 Å². The number of aryl methyl sites for hydroxylation is 1. The van der Waals surface area contributed by atoms with E-state index in [2.05, 4.69) is 17.9 Å². The van der Waals surface area contributed by atoms with E-state index >= 15 is 0 Å². The normalized spacial score (nSPS) is 10.2. The van der Waals surface area contributed by atoms with Crippen LogP contribution in [0.3, 0.4) is 0 Å². The van der Waals surface area contributed by atoms with Crippen LogP contribution in [0.5, 0.6) is 0 Å². The highest BCUT2D eigenvalue weighted by atomic mass is 32.1. The molecule has 0 unspecified atom stereocenters. The number of carbonyl (C=O) groups is 1. The van der Waals surface area contributed by atoms with Crippen molar-refractivity contribution in [3.8, 4) is 0 Å². The van der Waals surface area contributed by atoms with Gasteiger partial charge in [-0.1, -0.05) is 18.2 Å². The third kappa shape index (κ3) is 2.71. The van der Waals surface area contributed by atoms with E-state index < -0.39 is 11.7 Å². The van der Waals surface area contributed by atoms with Crippen LogP contribution in [-0.4, -0.2) is 5.91 Å². The van der Waals surface area contributed by atoms with E-state index in [-0.39, 0.29) is 5.56 Å². The molecule has 2 aromatic carbocycles. The fraction of sp³-hybridized carbons (Fsp3) is 0.0714. The van der Waals surface area contributed by atoms with Gasteiger partial charge in [-0.2, -0.15) is 0 Å². The molecule has 0 aliphatic heterocycles. The van der Waals surface area contributed by atoms with Crippen molar-refractivity contribution in [2.24, 2.45) is 0 Å². The van der Waals surface area contributed by atoms with Crippen LogP contribution in [0.1, 0.15) is 15.9 Å². The lowest BCUT2D eigenvalue weighted by Crippen LogP contribution is -2.14. The van der Waals surface area contributed by atoms with E-state index in [0.29, 0.717) is 10.6 Å². The summed E-state index contributed by atoms with van der Waals surface area (Å²) in [7, 11) is 0. The van der Waals surface area contributed by atoms with E-state index in [9.17, 15) is 9.18 Å². The van der Waals surface area contributed by atoms with E-state index in [0.717, 1.165) is 5.56 Å². The van der Waals surface area contributed by atoms with Crippen molar-refractivity contribution in [2.75, 3.05) is 5.32 Å². The maximum absolute atomic E-state index is 13.5. The molecule has 2 aromatic rings. The monoisotopic (exact) mass is 261 g/mol. The number of hydrogen-bond donors (Lipinski definition) is 2. The molecule has 0 aromatic heterocycles. The van der Waals surface area contributed by atoms with E-state index in [1.54, 1.807) is 6.07 Å². The number of nitrogens with one attached hydrogen (secondary N) is 1. The number of para-hydroxylation sites is 1. The molecular formula is C14H12FNOS. The van der Waals surface area contributed by atoms with Gasteiger partial charge in [0.1, 0.15) is 5.82 Å². The lowest BCUT2D eigenvalue weighted by atomic mass is 10.1. The lowest BCUT2D eigenvalue weighted by molar-refractivity contribution is 0.102. The van der Waals surface area contributed by atoms with Gasteiger partial charge in [0.05, 0.1) is 5.56 Å². The van der Waals surface area contributed by atoms with Crippen LogP contribution in [0.4, 0.5) is 10.1 Å². The van der Waals surface area contributed by atoms with Gasteiger partial charge in [-0.25, -0.2) is 4.39 Å². The number of amides is 1. The molecule has 0 atom stereocenters. The quantitative estimate of drug-likeness (QED) is 0.793. The molecule has 1 amide bonds. The van der Waals surface area contributed by atoms with Crippen molar-refractivity contribution in [2.45, 2.75) is 11.8 Å². The van der Waals surface area contributed by atoms with Crippen molar-refractivity contribution in [3.63, 3.8) is 0 Å². The summed E-state index contributed by atoms with van der Waals surface area (Å²) in [4.78, 5) is 12.5. The summed E-state index contributed by atoms with van der Waals surface area (Å²) in [6.07, 6.45) is 0. The first kappa shape index (κ1) is 12.6. The minimum absolute atomic E-state index is 0.00856. The SMILES string of the molecule is Cc1ccccc1NC(=O)c1cc(S)ccc1F. The molecule has 0 aliphatic carbocycles. The molecule has 0 saturated carbocycles. The molecule has 0 spiro atoms. The first-order chi connectivity index (χ1) is 8.58. The Morgan fingerprint density at radius 2 is 1.94 bits per heavy atom. The van der Waals surface area contributed by atoms with Crippen LogP contribution in [0.25, 0.3) is 0 Å². The van der Waals surface area contributed by atoms with Crippen molar-refractivity contribution >= 4 is 24.2 Å². The number of thiol groups is 1. The van der Waals surface area contributed by atoms with E-state index in [1.165, 1.54) is 18.2 Å². The topological polar surface area (TPSA) is 29.1 Å². The van der Waals surface area contributed by atoms with Gasteiger partial charge in [0.2, 0.25) is 0 Å². The average molecular weight is 261 g/mol. The van der Waals surface area contributed by atoms with Crippen LogP contribution in [-0.2, 0) is 0 Å². The Morgan fingerprint density at radius 3 is 2.67 bits per heavy atom. The summed E-state index contributed by atoms with van der Waals surface area (Å²) in [6.45, 7) is 1.88. The van der Waals surface area contributed by atoms with Crippen molar-refractivity contribution in [3.05, 3.63) is 59.4 Å². The van der Waals surface area contributed by atoms with Crippen LogP contribution >= 0.6 is 12.6 Å². The summed E-state index contributed by atoms with van der Waals surface area (Å²) in [6, 6.07) is 11.5. The number of hydrogen-bond acceptors (Lipinski definition) is 2. The Balaban J connectivity index is 2.28. The minimum Gasteiger partial charge on any atom is -0.322 e. The first-order valence-corrected chi connectivity index (χ1v) is 5.88. The van der Waals surface area contributed by atoms with Gasteiger partial charge in [0.15, 0.2) is 0 Å². The molecule has 18 heavy (non-hydrogen) atoms. The molecule has 0 aliphatic rings. The number of anilines is 1. The zero-order valence-electron chi connectivity index (χ0n) is 9.77. The Bertz CT molecular complexity index is 598. The maximum atomic E-state index is 13.5. The second-order valence-electron chi connectivity index (χ2n) is 3.93. The van der Waals surface area contributed by atoms with Gasteiger partial charge in [0, 0.05) is 10.6 Å². The van der Waals surface area contributed by atoms with Crippen LogP contribution < -0.4 is 5.32 Å². The van der Waals surface area contributed by atoms with Crippen LogP contribution in [0.15, 0.2) is 47.4 Å². The second-order valence-corrected chi connectivity index (χ2v) is 4.45. The predicted octanol–water partition coefficient (Wildman–Crippen LogP) is 3.68. The molecule has 2 rings (SSSR count). The van der Waals surface area contributed by atoms with Crippen LogP contribution in [0, 0.1) is 12.7 Å². The minimum atomic E-state index is -0.557. The maximum Gasteiger partial charge on any atom is 0.258 e. The zero-order chi connectivity index (χ0) is 13.1. The van der Waals surface area contributed by atoms with Crippen molar-refractivity contribution < 1.29 is 9.18 Å². The third-order valence-electron chi connectivity index (χ3n) is 2.59. The summed E-state index contributed by atoms with van der Waals surface area (Å²) < 4.78 is 13.5. The largest absolute Gasteiger partial charge is 0.322 e. The second kappa shape index (κ2) is 5.23. The highest BCUT2D eigenvalue weighted by molar-refractivity contribution is 7.80. The molecule has 0 bridgehead atoms. The van der Waals surface area contributed by atoms with Crippen LogP contribution in [0.2, 0.25) is 0 Å². The summed E-state index contributed by atoms with van der Waals surface area (Å²) in [5.41, 5.74) is 1.59. The van der Waals surface area contributed by atoms with E-state index in [1.807, 2.05) is 25.1 Å². The smallest absolute Gasteiger partial charge is 0.258 e. The number of carbonyl (C=O) groups excluding carboxylic acids is 1. The Hall–Kier alpha value is -1.81. The summed E-state index contributed by atoms with van der Waals surface area (Å²) in [5.74, 6) is -1.03. The third-order valence-corrected chi connectivity index (χ3v) is 2.87. The van der Waals surface area contributed by atoms with Gasteiger partial charge in [0.25, 0.3) is 5.91 Å². The number of halogens is 1. The summed E-state index contributed by atoms with van der Waals surface area (Å²) >= 11 is 4.10. The molecular weight excluding hydrogens is 249 g/mol. The molecule has 0 saturated heterocycles. The molecule has 0 radical (unpaired) electrons. The van der Waals surface area contributed by atoms with Gasteiger partial charge in [-0.05, 0) is 36.8 Å². The Morgan fingerprint density at radius 1 is 1.22 bits per heavy atom. The first-order valence-electron chi connectivity index (χ1n) is 5.43. The number of benzene rings is 2. The summed E-state index contributed by atoms with van der Waals surface area (Å²) in [5, 5.41) is 2.68. The zero-order valence-corrected chi connectivity index (χ0v) is 10.7. The fourth-order valence-corrected chi connectivity index (χ4v) is 1.79. The molecule has 2 nitrogen and oxygen atoms in total.